The standard InChI is InChI=1S/C12H22N2O6/c1-19-5-2-3-10(11(16)17)13-12(18)14-4-6-20-8-9(14)7-15/h9-10,15H,2-8H2,1H3,(H,13,18)(H,16,17). The van der Waals surface area contributed by atoms with E-state index in [1.807, 2.05) is 0 Å². The van der Waals surface area contributed by atoms with Crippen LogP contribution in [0.5, 0.6) is 0 Å². The van der Waals surface area contributed by atoms with E-state index in [1.165, 1.54) is 12.0 Å². The molecule has 0 spiro atoms. The summed E-state index contributed by atoms with van der Waals surface area (Å²) in [4.78, 5) is 24.6. The molecule has 3 N–H and O–H groups in total. The first kappa shape index (κ1) is 16.7. The Labute approximate surface area is 117 Å². The van der Waals surface area contributed by atoms with E-state index in [-0.39, 0.29) is 13.2 Å². The van der Waals surface area contributed by atoms with Crippen molar-refractivity contribution in [2.75, 3.05) is 40.1 Å². The number of nitrogens with zero attached hydrogens (tertiary/aromatic N) is 1. The van der Waals surface area contributed by atoms with Gasteiger partial charge in [-0.05, 0) is 12.8 Å². The molecule has 20 heavy (non-hydrogen) atoms. The van der Waals surface area contributed by atoms with Crippen LogP contribution in [-0.4, -0.2) is 79.3 Å². The minimum Gasteiger partial charge on any atom is -0.480 e. The van der Waals surface area contributed by atoms with Crippen LogP contribution in [-0.2, 0) is 14.3 Å². The maximum Gasteiger partial charge on any atom is 0.326 e. The second kappa shape index (κ2) is 8.72. The normalized spacial score (nSPS) is 20.5. The summed E-state index contributed by atoms with van der Waals surface area (Å²) in [6.45, 7) is 1.20. The van der Waals surface area contributed by atoms with E-state index >= 15 is 0 Å². The molecular weight excluding hydrogens is 268 g/mol. The molecule has 0 saturated carbocycles. The summed E-state index contributed by atoms with van der Waals surface area (Å²) in [7, 11) is 1.54. The second-order valence-electron chi connectivity index (χ2n) is 4.58. The van der Waals surface area contributed by atoms with Crippen LogP contribution in [0.4, 0.5) is 4.79 Å². The van der Waals surface area contributed by atoms with Crippen LogP contribution in [0, 0.1) is 0 Å². The molecule has 1 fully saturated rings. The van der Waals surface area contributed by atoms with Crippen molar-refractivity contribution in [3.05, 3.63) is 0 Å². The average molecular weight is 290 g/mol. The molecule has 1 saturated heterocycles. The number of aliphatic carboxylic acids is 1. The fraction of sp³-hybridized carbons (Fsp3) is 0.833. The third-order valence-corrected chi connectivity index (χ3v) is 3.14. The van der Waals surface area contributed by atoms with Crippen LogP contribution in [0.15, 0.2) is 0 Å². The zero-order chi connectivity index (χ0) is 15.0. The third kappa shape index (κ3) is 4.95. The minimum absolute atomic E-state index is 0.213. The number of methoxy groups -OCH3 is 1. The van der Waals surface area contributed by atoms with Crippen LogP contribution < -0.4 is 5.32 Å². The zero-order valence-electron chi connectivity index (χ0n) is 11.6. The molecule has 1 aliphatic rings. The molecule has 1 aliphatic heterocycles. The van der Waals surface area contributed by atoms with Crippen molar-refractivity contribution in [3.63, 3.8) is 0 Å². The molecule has 116 valence electrons. The van der Waals surface area contributed by atoms with E-state index in [9.17, 15) is 14.7 Å². The zero-order valence-corrected chi connectivity index (χ0v) is 11.6. The summed E-state index contributed by atoms with van der Waals surface area (Å²) in [5, 5.41) is 20.8. The number of nitrogens with one attached hydrogen (secondary N) is 1. The van der Waals surface area contributed by atoms with E-state index in [0.29, 0.717) is 32.6 Å². The molecule has 0 aromatic heterocycles. The number of urea groups is 1. The molecule has 0 aromatic rings. The first-order valence-corrected chi connectivity index (χ1v) is 6.57. The Morgan fingerprint density at radius 3 is 2.90 bits per heavy atom. The van der Waals surface area contributed by atoms with Crippen molar-refractivity contribution in [2.24, 2.45) is 0 Å². The highest BCUT2D eigenvalue weighted by atomic mass is 16.5. The van der Waals surface area contributed by atoms with E-state index < -0.39 is 24.1 Å². The summed E-state index contributed by atoms with van der Waals surface area (Å²) in [6, 6.07) is -1.88. The Morgan fingerprint density at radius 2 is 2.30 bits per heavy atom. The first-order chi connectivity index (χ1) is 9.60. The van der Waals surface area contributed by atoms with Gasteiger partial charge in [0.05, 0.1) is 25.9 Å². The molecular formula is C12H22N2O6. The fourth-order valence-corrected chi connectivity index (χ4v) is 1.99. The Hall–Kier alpha value is -1.38. The molecule has 8 heteroatoms. The lowest BCUT2D eigenvalue weighted by Crippen LogP contribution is -2.56. The largest absolute Gasteiger partial charge is 0.480 e. The highest BCUT2D eigenvalue weighted by Crippen LogP contribution is 2.08. The lowest BCUT2D eigenvalue weighted by atomic mass is 10.1. The van der Waals surface area contributed by atoms with Gasteiger partial charge in [-0.3, -0.25) is 0 Å². The van der Waals surface area contributed by atoms with Crippen LogP contribution >= 0.6 is 0 Å². The number of aliphatic hydroxyl groups is 1. The predicted octanol–water partition coefficient (Wildman–Crippen LogP) is -0.731. The number of hydrogen-bond donors (Lipinski definition) is 3. The molecule has 2 atom stereocenters. The monoisotopic (exact) mass is 290 g/mol. The highest BCUT2D eigenvalue weighted by Gasteiger charge is 2.29. The summed E-state index contributed by atoms with van der Waals surface area (Å²) in [6.07, 6.45) is 0.837. The molecule has 8 nitrogen and oxygen atoms in total. The predicted molar refractivity (Wildman–Crippen MR) is 69.5 cm³/mol. The number of carboxylic acid groups (broad SMARTS) is 1. The maximum atomic E-state index is 12.1. The van der Waals surface area contributed by atoms with Crippen LogP contribution in [0.1, 0.15) is 12.8 Å². The van der Waals surface area contributed by atoms with Gasteiger partial charge >= 0.3 is 12.0 Å². The Bertz CT molecular complexity index is 325. The van der Waals surface area contributed by atoms with E-state index in [2.05, 4.69) is 5.32 Å². The number of carbonyl (C=O) groups is 2. The molecule has 1 heterocycles. The summed E-state index contributed by atoms with van der Waals surface area (Å²) >= 11 is 0. The van der Waals surface area contributed by atoms with Crippen molar-refractivity contribution >= 4 is 12.0 Å². The fourth-order valence-electron chi connectivity index (χ4n) is 1.99. The minimum atomic E-state index is -1.08. The number of morpholine rings is 1. The molecule has 0 bridgehead atoms. The van der Waals surface area contributed by atoms with Gasteiger partial charge in [-0.1, -0.05) is 0 Å². The summed E-state index contributed by atoms with van der Waals surface area (Å²) in [5.41, 5.74) is 0. The van der Waals surface area contributed by atoms with Gasteiger partial charge in [0.1, 0.15) is 6.04 Å². The maximum absolute atomic E-state index is 12.1. The lowest BCUT2D eigenvalue weighted by Gasteiger charge is -2.35. The molecule has 0 aliphatic carbocycles. The number of amides is 2. The highest BCUT2D eigenvalue weighted by molar-refractivity contribution is 5.82. The van der Waals surface area contributed by atoms with Crippen LogP contribution in [0.2, 0.25) is 0 Å². The second-order valence-corrected chi connectivity index (χ2v) is 4.58. The SMILES string of the molecule is COCCCC(NC(=O)N1CCOCC1CO)C(=O)O. The van der Waals surface area contributed by atoms with Crippen molar-refractivity contribution in [1.82, 2.24) is 10.2 Å². The topological polar surface area (TPSA) is 108 Å². The quantitative estimate of drug-likeness (QED) is 0.533. The molecule has 0 radical (unpaired) electrons. The Kier molecular flexibility index (Phi) is 7.27. The number of hydrogen-bond acceptors (Lipinski definition) is 5. The van der Waals surface area contributed by atoms with Gasteiger partial charge in [-0.15, -0.1) is 0 Å². The van der Waals surface area contributed by atoms with Crippen molar-refractivity contribution in [2.45, 2.75) is 24.9 Å². The van der Waals surface area contributed by atoms with E-state index in [0.717, 1.165) is 0 Å². The van der Waals surface area contributed by atoms with E-state index in [4.69, 9.17) is 14.6 Å². The van der Waals surface area contributed by atoms with Gasteiger partial charge in [0, 0.05) is 20.3 Å². The van der Waals surface area contributed by atoms with Crippen molar-refractivity contribution in [3.8, 4) is 0 Å². The smallest absolute Gasteiger partial charge is 0.326 e. The number of carbonyl (C=O) groups excluding carboxylic acids is 1. The van der Waals surface area contributed by atoms with Crippen LogP contribution in [0.25, 0.3) is 0 Å². The molecule has 2 amide bonds. The Morgan fingerprint density at radius 1 is 1.55 bits per heavy atom. The van der Waals surface area contributed by atoms with Gasteiger partial charge in [0.2, 0.25) is 0 Å². The summed E-state index contributed by atoms with van der Waals surface area (Å²) < 4.78 is 10.0. The van der Waals surface area contributed by atoms with E-state index in [1.54, 1.807) is 0 Å². The van der Waals surface area contributed by atoms with Gasteiger partial charge in [0.15, 0.2) is 0 Å². The van der Waals surface area contributed by atoms with Gasteiger partial charge in [0.25, 0.3) is 0 Å². The Balaban J connectivity index is 2.53. The van der Waals surface area contributed by atoms with Crippen molar-refractivity contribution < 1.29 is 29.3 Å². The number of aliphatic hydroxyl groups excluding tert-OH is 1. The molecule has 1 rings (SSSR count). The first-order valence-electron chi connectivity index (χ1n) is 6.57. The van der Waals surface area contributed by atoms with Gasteiger partial charge in [-0.25, -0.2) is 9.59 Å². The lowest BCUT2D eigenvalue weighted by molar-refractivity contribution is -0.139. The van der Waals surface area contributed by atoms with Crippen molar-refractivity contribution in [1.29, 1.82) is 0 Å². The molecule has 0 aromatic carbocycles. The molecule has 2 unspecified atom stereocenters. The summed E-state index contributed by atoms with van der Waals surface area (Å²) in [5.74, 6) is -1.08. The van der Waals surface area contributed by atoms with Gasteiger partial charge < -0.3 is 29.9 Å². The number of rotatable bonds is 7. The number of ether oxygens (including phenoxy) is 2. The van der Waals surface area contributed by atoms with Crippen LogP contribution in [0.3, 0.4) is 0 Å². The number of carboxylic acids is 1. The third-order valence-electron chi connectivity index (χ3n) is 3.14. The van der Waals surface area contributed by atoms with Gasteiger partial charge in [-0.2, -0.15) is 0 Å². The average Bonchev–Trinajstić information content (AvgIpc) is 2.46.